The molecule has 0 heterocycles. The van der Waals surface area contributed by atoms with Gasteiger partial charge in [-0.25, -0.2) is 9.59 Å². The van der Waals surface area contributed by atoms with Crippen LogP contribution in [0.5, 0.6) is 5.75 Å². The molecule has 0 saturated carbocycles. The molecule has 3 aromatic carbocycles. The molecule has 0 fully saturated rings. The molecule has 1 atom stereocenters. The SMILES string of the molecule is O=C(NC(Cc1cc(Cl)c(Br)cc1O)C(=O)O)OCC1c2ccccc2-c2ccccc21. The summed E-state index contributed by atoms with van der Waals surface area (Å²) in [4.78, 5) is 24.1. The Kier molecular flexibility index (Phi) is 6.39. The van der Waals surface area contributed by atoms with Gasteiger partial charge in [-0.3, -0.25) is 0 Å². The van der Waals surface area contributed by atoms with E-state index in [1.165, 1.54) is 12.1 Å². The van der Waals surface area contributed by atoms with Crippen molar-refractivity contribution in [1.29, 1.82) is 0 Å². The van der Waals surface area contributed by atoms with Gasteiger partial charge in [-0.1, -0.05) is 60.1 Å². The Morgan fingerprint density at radius 1 is 1.06 bits per heavy atom. The van der Waals surface area contributed by atoms with E-state index < -0.39 is 18.1 Å². The van der Waals surface area contributed by atoms with Gasteiger partial charge >= 0.3 is 12.1 Å². The van der Waals surface area contributed by atoms with E-state index in [4.69, 9.17) is 16.3 Å². The van der Waals surface area contributed by atoms with Gasteiger partial charge in [0.15, 0.2) is 0 Å². The number of rotatable bonds is 6. The van der Waals surface area contributed by atoms with E-state index in [-0.39, 0.29) is 24.7 Å². The number of fused-ring (bicyclic) bond motifs is 3. The van der Waals surface area contributed by atoms with Gasteiger partial charge in [0.1, 0.15) is 18.4 Å². The number of ether oxygens (including phenoxy) is 1. The normalized spacial score (nSPS) is 13.2. The van der Waals surface area contributed by atoms with Crippen LogP contribution >= 0.6 is 27.5 Å². The number of aliphatic carboxylic acids is 1. The molecule has 1 aliphatic rings. The Balaban J connectivity index is 1.45. The zero-order valence-corrected chi connectivity index (χ0v) is 19.1. The molecule has 0 radical (unpaired) electrons. The summed E-state index contributed by atoms with van der Waals surface area (Å²) in [5.41, 5.74) is 4.62. The summed E-state index contributed by atoms with van der Waals surface area (Å²) in [6.07, 6.45) is -1.000. The topological polar surface area (TPSA) is 95.9 Å². The number of carboxylic acid groups (broad SMARTS) is 1. The molecule has 6 nitrogen and oxygen atoms in total. The first kappa shape index (κ1) is 22.2. The number of phenolic OH excluding ortho intramolecular Hbond substituents is 1. The maximum absolute atomic E-state index is 12.4. The number of nitrogens with one attached hydrogen (secondary N) is 1. The lowest BCUT2D eigenvalue weighted by Crippen LogP contribution is -2.42. The predicted octanol–water partition coefficient (Wildman–Crippen LogP) is 5.34. The van der Waals surface area contributed by atoms with E-state index in [1.54, 1.807) is 0 Å². The van der Waals surface area contributed by atoms with Crippen molar-refractivity contribution in [1.82, 2.24) is 5.32 Å². The van der Waals surface area contributed by atoms with Gasteiger partial charge < -0.3 is 20.3 Å². The third-order valence-corrected chi connectivity index (χ3v) is 6.68. The molecule has 8 heteroatoms. The summed E-state index contributed by atoms with van der Waals surface area (Å²) in [6, 6.07) is 17.4. The molecule has 0 spiro atoms. The van der Waals surface area contributed by atoms with Crippen LogP contribution in [0.3, 0.4) is 0 Å². The van der Waals surface area contributed by atoms with E-state index in [1.807, 2.05) is 48.5 Å². The quantitative estimate of drug-likeness (QED) is 0.411. The van der Waals surface area contributed by atoms with E-state index in [0.29, 0.717) is 15.1 Å². The van der Waals surface area contributed by atoms with Gasteiger partial charge in [-0.05, 0) is 55.9 Å². The molecule has 1 amide bonds. The predicted molar refractivity (Wildman–Crippen MR) is 124 cm³/mol. The smallest absolute Gasteiger partial charge is 0.407 e. The lowest BCUT2D eigenvalue weighted by Gasteiger charge is -2.18. The highest BCUT2D eigenvalue weighted by molar-refractivity contribution is 9.10. The van der Waals surface area contributed by atoms with Crippen molar-refractivity contribution >= 4 is 39.6 Å². The first-order valence-corrected chi connectivity index (χ1v) is 11.0. The Hall–Kier alpha value is -3.03. The van der Waals surface area contributed by atoms with Crippen LogP contribution in [0, 0.1) is 0 Å². The summed E-state index contributed by atoms with van der Waals surface area (Å²) in [7, 11) is 0. The number of halogens is 2. The fraction of sp³-hybridized carbons (Fsp3) is 0.167. The minimum absolute atomic E-state index is 0.0710. The summed E-state index contributed by atoms with van der Waals surface area (Å²) >= 11 is 9.24. The second-order valence-corrected chi connectivity index (χ2v) is 8.72. The van der Waals surface area contributed by atoms with Crippen molar-refractivity contribution in [3.05, 3.63) is 86.8 Å². The van der Waals surface area contributed by atoms with Crippen molar-refractivity contribution in [2.24, 2.45) is 0 Å². The van der Waals surface area contributed by atoms with Gasteiger partial charge in [0, 0.05) is 16.8 Å². The molecule has 4 rings (SSSR count). The van der Waals surface area contributed by atoms with Gasteiger partial charge in [0.05, 0.1) is 5.02 Å². The van der Waals surface area contributed by atoms with Gasteiger partial charge in [0.2, 0.25) is 0 Å². The summed E-state index contributed by atoms with van der Waals surface area (Å²) in [6.45, 7) is 0.0710. The van der Waals surface area contributed by atoms with Crippen molar-refractivity contribution < 1.29 is 24.5 Å². The van der Waals surface area contributed by atoms with Crippen LogP contribution in [0.2, 0.25) is 5.02 Å². The lowest BCUT2D eigenvalue weighted by atomic mass is 9.98. The molecule has 0 bridgehead atoms. The van der Waals surface area contributed by atoms with Crippen LogP contribution in [0.15, 0.2) is 65.1 Å². The highest BCUT2D eigenvalue weighted by Crippen LogP contribution is 2.44. The first-order valence-electron chi connectivity index (χ1n) is 9.86. The number of benzene rings is 3. The average Bonchev–Trinajstić information content (AvgIpc) is 3.09. The number of hydrogen-bond acceptors (Lipinski definition) is 4. The van der Waals surface area contributed by atoms with Crippen LogP contribution in [-0.4, -0.2) is 34.9 Å². The first-order chi connectivity index (χ1) is 15.3. The Morgan fingerprint density at radius 3 is 2.25 bits per heavy atom. The molecule has 3 N–H and O–H groups in total. The summed E-state index contributed by atoms with van der Waals surface area (Å²) in [5.74, 6) is -1.51. The largest absolute Gasteiger partial charge is 0.508 e. The Morgan fingerprint density at radius 2 is 1.66 bits per heavy atom. The average molecular weight is 517 g/mol. The molecule has 1 aliphatic carbocycles. The molecule has 3 aromatic rings. The number of carbonyl (C=O) groups is 2. The van der Waals surface area contributed by atoms with Crippen LogP contribution in [0.25, 0.3) is 11.1 Å². The van der Waals surface area contributed by atoms with Gasteiger partial charge in [0.25, 0.3) is 0 Å². The standard InChI is InChI=1S/C24H19BrClNO5/c25-19-11-22(28)13(9-20(19)26)10-21(23(29)30)27-24(31)32-12-18-16-7-3-1-5-14(16)15-6-2-4-8-17(15)18/h1-9,11,18,21,28H,10,12H2,(H,27,31)(H,29,30). The number of aromatic hydroxyl groups is 1. The van der Waals surface area contributed by atoms with Crippen LogP contribution in [0.1, 0.15) is 22.6 Å². The zero-order valence-electron chi connectivity index (χ0n) is 16.7. The second kappa shape index (κ2) is 9.22. The van der Waals surface area contributed by atoms with Crippen molar-refractivity contribution in [2.45, 2.75) is 18.4 Å². The number of carbonyl (C=O) groups excluding carboxylic acids is 1. The number of amides is 1. The molecule has 1 unspecified atom stereocenters. The fourth-order valence-corrected chi connectivity index (χ4v) is 4.46. The Bertz CT molecular complexity index is 1150. The number of carboxylic acids is 1. The Labute approximate surface area is 197 Å². The third kappa shape index (κ3) is 4.45. The highest BCUT2D eigenvalue weighted by atomic mass is 79.9. The van der Waals surface area contributed by atoms with Crippen molar-refractivity contribution in [3.63, 3.8) is 0 Å². The number of hydrogen-bond donors (Lipinski definition) is 3. The molecular weight excluding hydrogens is 498 g/mol. The third-order valence-electron chi connectivity index (χ3n) is 5.48. The number of alkyl carbamates (subject to hydrolysis) is 1. The van der Waals surface area contributed by atoms with Crippen LogP contribution < -0.4 is 5.32 Å². The van der Waals surface area contributed by atoms with E-state index in [0.717, 1.165) is 22.3 Å². The molecule has 0 aromatic heterocycles. The van der Waals surface area contributed by atoms with Gasteiger partial charge in [-0.15, -0.1) is 0 Å². The maximum atomic E-state index is 12.4. The van der Waals surface area contributed by atoms with Crippen LogP contribution in [-0.2, 0) is 16.0 Å². The minimum atomic E-state index is -1.30. The van der Waals surface area contributed by atoms with Gasteiger partial charge in [-0.2, -0.15) is 0 Å². The molecule has 0 saturated heterocycles. The monoisotopic (exact) mass is 515 g/mol. The zero-order chi connectivity index (χ0) is 22.8. The van der Waals surface area contributed by atoms with E-state index in [2.05, 4.69) is 21.2 Å². The van der Waals surface area contributed by atoms with Crippen LogP contribution in [0.4, 0.5) is 4.79 Å². The maximum Gasteiger partial charge on any atom is 0.407 e. The molecule has 164 valence electrons. The van der Waals surface area contributed by atoms with E-state index >= 15 is 0 Å². The minimum Gasteiger partial charge on any atom is -0.508 e. The van der Waals surface area contributed by atoms with Crippen molar-refractivity contribution in [3.8, 4) is 16.9 Å². The second-order valence-electron chi connectivity index (χ2n) is 7.46. The molecule has 0 aliphatic heterocycles. The fourth-order valence-electron chi connectivity index (χ4n) is 3.94. The van der Waals surface area contributed by atoms with E-state index in [9.17, 15) is 19.8 Å². The highest BCUT2D eigenvalue weighted by Gasteiger charge is 2.30. The summed E-state index contributed by atoms with van der Waals surface area (Å²) in [5, 5.41) is 22.3. The molecular formula is C24H19BrClNO5. The lowest BCUT2D eigenvalue weighted by molar-refractivity contribution is -0.139. The summed E-state index contributed by atoms with van der Waals surface area (Å²) < 4.78 is 5.90. The number of phenols is 1. The van der Waals surface area contributed by atoms with Crippen molar-refractivity contribution in [2.75, 3.05) is 6.61 Å². The molecule has 32 heavy (non-hydrogen) atoms.